The zero-order valence-corrected chi connectivity index (χ0v) is 11.7. The Kier molecular flexibility index (Phi) is 4.14. The number of hydrogen-bond donors (Lipinski definition) is 2. The molecular formula is C13H18N2O2S. The highest BCUT2D eigenvalue weighted by Crippen LogP contribution is 2.30. The van der Waals surface area contributed by atoms with E-state index in [4.69, 9.17) is 4.74 Å². The standard InChI is InChI=1S/C13H18N2O2S/c1-8-4-9(2)12(11(5-8)17-3)15-13(16)10-6-18-7-14-10/h4-5,10,14H,6-7H2,1-3H3,(H,15,16). The Morgan fingerprint density at radius 1 is 1.50 bits per heavy atom. The fourth-order valence-electron chi connectivity index (χ4n) is 2.02. The number of benzene rings is 1. The smallest absolute Gasteiger partial charge is 0.242 e. The van der Waals surface area contributed by atoms with Crippen molar-refractivity contribution in [3.63, 3.8) is 0 Å². The van der Waals surface area contributed by atoms with Gasteiger partial charge < -0.3 is 10.1 Å². The van der Waals surface area contributed by atoms with Gasteiger partial charge in [0.05, 0.1) is 18.8 Å². The number of anilines is 1. The van der Waals surface area contributed by atoms with Gasteiger partial charge in [0.1, 0.15) is 5.75 Å². The van der Waals surface area contributed by atoms with Crippen LogP contribution >= 0.6 is 11.8 Å². The first-order chi connectivity index (χ1) is 8.61. The number of aryl methyl sites for hydroxylation is 2. The molecule has 0 spiro atoms. The third-order valence-electron chi connectivity index (χ3n) is 2.94. The summed E-state index contributed by atoms with van der Waals surface area (Å²) in [6.45, 7) is 3.98. The molecule has 1 aliphatic heterocycles. The number of amides is 1. The van der Waals surface area contributed by atoms with Crippen molar-refractivity contribution in [1.29, 1.82) is 0 Å². The lowest BCUT2D eigenvalue weighted by molar-refractivity contribution is -0.117. The molecule has 1 heterocycles. The number of rotatable bonds is 3. The summed E-state index contributed by atoms with van der Waals surface area (Å²) in [5.74, 6) is 2.37. The van der Waals surface area contributed by atoms with E-state index in [-0.39, 0.29) is 11.9 Å². The van der Waals surface area contributed by atoms with Crippen LogP contribution in [0.5, 0.6) is 5.75 Å². The molecule has 1 fully saturated rings. The monoisotopic (exact) mass is 266 g/mol. The highest BCUT2D eigenvalue weighted by atomic mass is 32.2. The quantitative estimate of drug-likeness (QED) is 0.877. The molecule has 1 atom stereocenters. The molecule has 0 aromatic heterocycles. The molecule has 1 amide bonds. The van der Waals surface area contributed by atoms with Crippen LogP contribution in [0.2, 0.25) is 0 Å². The topological polar surface area (TPSA) is 50.4 Å². The minimum Gasteiger partial charge on any atom is -0.495 e. The van der Waals surface area contributed by atoms with Gasteiger partial charge in [0.25, 0.3) is 0 Å². The van der Waals surface area contributed by atoms with Crippen LogP contribution in [0.1, 0.15) is 11.1 Å². The lowest BCUT2D eigenvalue weighted by atomic mass is 10.1. The summed E-state index contributed by atoms with van der Waals surface area (Å²) >= 11 is 1.73. The molecule has 0 saturated carbocycles. The Morgan fingerprint density at radius 3 is 2.89 bits per heavy atom. The van der Waals surface area contributed by atoms with Gasteiger partial charge in [-0.2, -0.15) is 0 Å². The first kappa shape index (κ1) is 13.2. The van der Waals surface area contributed by atoms with E-state index in [2.05, 4.69) is 10.6 Å². The van der Waals surface area contributed by atoms with Crippen molar-refractivity contribution in [3.05, 3.63) is 23.3 Å². The summed E-state index contributed by atoms with van der Waals surface area (Å²) in [5.41, 5.74) is 2.91. The molecule has 1 saturated heterocycles. The van der Waals surface area contributed by atoms with Crippen LogP contribution < -0.4 is 15.4 Å². The summed E-state index contributed by atoms with van der Waals surface area (Å²) in [6, 6.07) is 3.86. The van der Waals surface area contributed by atoms with Gasteiger partial charge in [-0.1, -0.05) is 6.07 Å². The maximum atomic E-state index is 12.1. The van der Waals surface area contributed by atoms with Gasteiger partial charge in [0.2, 0.25) is 5.91 Å². The van der Waals surface area contributed by atoms with Gasteiger partial charge in [0, 0.05) is 11.6 Å². The van der Waals surface area contributed by atoms with Crippen molar-refractivity contribution >= 4 is 23.4 Å². The summed E-state index contributed by atoms with van der Waals surface area (Å²) in [6.07, 6.45) is 0. The molecule has 2 rings (SSSR count). The third kappa shape index (κ3) is 2.79. The van der Waals surface area contributed by atoms with E-state index in [9.17, 15) is 4.79 Å². The van der Waals surface area contributed by atoms with Crippen molar-refractivity contribution in [2.24, 2.45) is 0 Å². The van der Waals surface area contributed by atoms with Crippen LogP contribution in [0.3, 0.4) is 0 Å². The average Bonchev–Trinajstić information content (AvgIpc) is 2.85. The van der Waals surface area contributed by atoms with Crippen molar-refractivity contribution < 1.29 is 9.53 Å². The van der Waals surface area contributed by atoms with E-state index in [1.807, 2.05) is 26.0 Å². The zero-order chi connectivity index (χ0) is 13.1. The zero-order valence-electron chi connectivity index (χ0n) is 10.9. The fourth-order valence-corrected chi connectivity index (χ4v) is 2.97. The van der Waals surface area contributed by atoms with E-state index < -0.39 is 0 Å². The van der Waals surface area contributed by atoms with Crippen LogP contribution in [-0.4, -0.2) is 30.7 Å². The van der Waals surface area contributed by atoms with Crippen LogP contribution in [0.4, 0.5) is 5.69 Å². The lowest BCUT2D eigenvalue weighted by Gasteiger charge is -2.16. The second kappa shape index (κ2) is 5.63. The molecule has 5 heteroatoms. The highest BCUT2D eigenvalue weighted by Gasteiger charge is 2.23. The largest absolute Gasteiger partial charge is 0.495 e. The number of hydrogen-bond acceptors (Lipinski definition) is 4. The minimum atomic E-state index is -0.111. The molecule has 1 aromatic rings. The predicted octanol–water partition coefficient (Wildman–Crippen LogP) is 1.91. The van der Waals surface area contributed by atoms with Gasteiger partial charge in [-0.3, -0.25) is 10.1 Å². The van der Waals surface area contributed by atoms with Crippen LogP contribution in [0, 0.1) is 13.8 Å². The first-order valence-corrected chi connectivity index (χ1v) is 7.04. The van der Waals surface area contributed by atoms with Crippen molar-refractivity contribution in [2.45, 2.75) is 19.9 Å². The van der Waals surface area contributed by atoms with E-state index in [1.165, 1.54) is 0 Å². The molecule has 0 aliphatic carbocycles. The number of ether oxygens (including phenoxy) is 1. The molecule has 18 heavy (non-hydrogen) atoms. The first-order valence-electron chi connectivity index (χ1n) is 5.89. The normalized spacial score (nSPS) is 18.7. The second-order valence-corrected chi connectivity index (χ2v) is 5.45. The molecule has 4 nitrogen and oxygen atoms in total. The summed E-state index contributed by atoms with van der Waals surface area (Å²) in [7, 11) is 1.62. The Bertz CT molecular complexity index is 457. The molecule has 1 aliphatic rings. The number of methoxy groups -OCH3 is 1. The predicted molar refractivity (Wildman–Crippen MR) is 75.3 cm³/mol. The van der Waals surface area contributed by atoms with Crippen LogP contribution in [-0.2, 0) is 4.79 Å². The Labute approximate surface area is 111 Å². The maximum Gasteiger partial charge on any atom is 0.242 e. The fraction of sp³-hybridized carbons (Fsp3) is 0.462. The molecule has 1 unspecified atom stereocenters. The lowest BCUT2D eigenvalue weighted by Crippen LogP contribution is -2.37. The number of carbonyl (C=O) groups excluding carboxylic acids is 1. The van der Waals surface area contributed by atoms with Gasteiger partial charge in [-0.05, 0) is 31.0 Å². The Morgan fingerprint density at radius 2 is 2.28 bits per heavy atom. The van der Waals surface area contributed by atoms with Gasteiger partial charge in [0.15, 0.2) is 0 Å². The summed E-state index contributed by atoms with van der Waals surface area (Å²) in [5, 5.41) is 6.11. The molecule has 1 aromatic carbocycles. The van der Waals surface area contributed by atoms with E-state index in [0.717, 1.165) is 28.4 Å². The molecule has 0 radical (unpaired) electrons. The SMILES string of the molecule is COc1cc(C)cc(C)c1NC(=O)C1CSCN1. The van der Waals surface area contributed by atoms with Crippen molar-refractivity contribution in [1.82, 2.24) is 5.32 Å². The number of thioether (sulfide) groups is 1. The van der Waals surface area contributed by atoms with Crippen molar-refractivity contribution in [2.75, 3.05) is 24.1 Å². The minimum absolute atomic E-state index is 0.00486. The number of carbonyl (C=O) groups is 1. The second-order valence-electron chi connectivity index (χ2n) is 4.42. The van der Waals surface area contributed by atoms with Gasteiger partial charge in [-0.25, -0.2) is 0 Å². The van der Waals surface area contributed by atoms with E-state index in [1.54, 1.807) is 18.9 Å². The van der Waals surface area contributed by atoms with Gasteiger partial charge >= 0.3 is 0 Å². The van der Waals surface area contributed by atoms with Gasteiger partial charge in [-0.15, -0.1) is 11.8 Å². The summed E-state index contributed by atoms with van der Waals surface area (Å²) < 4.78 is 5.33. The summed E-state index contributed by atoms with van der Waals surface area (Å²) in [4.78, 5) is 12.1. The highest BCUT2D eigenvalue weighted by molar-refractivity contribution is 7.99. The Hall–Kier alpha value is -1.20. The van der Waals surface area contributed by atoms with E-state index in [0.29, 0.717) is 5.75 Å². The molecule has 2 N–H and O–H groups in total. The van der Waals surface area contributed by atoms with Crippen LogP contribution in [0.15, 0.2) is 12.1 Å². The maximum absolute atomic E-state index is 12.1. The molecule has 0 bridgehead atoms. The molecular weight excluding hydrogens is 248 g/mol. The third-order valence-corrected chi connectivity index (χ3v) is 3.88. The van der Waals surface area contributed by atoms with Crippen molar-refractivity contribution in [3.8, 4) is 5.75 Å². The molecule has 98 valence electrons. The van der Waals surface area contributed by atoms with Crippen LogP contribution in [0.25, 0.3) is 0 Å². The average molecular weight is 266 g/mol. The Balaban J connectivity index is 2.19. The number of nitrogens with one attached hydrogen (secondary N) is 2. The van der Waals surface area contributed by atoms with E-state index >= 15 is 0 Å².